The topological polar surface area (TPSA) is 79.3 Å². The van der Waals surface area contributed by atoms with E-state index in [1.807, 2.05) is 0 Å². The maximum absolute atomic E-state index is 11.6. The number of hydrogen-bond acceptors (Lipinski definition) is 5. The lowest BCUT2D eigenvalue weighted by Crippen LogP contribution is -2.53. The van der Waals surface area contributed by atoms with Gasteiger partial charge in [-0.15, -0.1) is 0 Å². The van der Waals surface area contributed by atoms with Crippen molar-refractivity contribution < 1.29 is 19.1 Å². The number of ether oxygens (including phenoxy) is 1. The van der Waals surface area contributed by atoms with Crippen LogP contribution in [0.3, 0.4) is 0 Å². The molecule has 0 aromatic carbocycles. The van der Waals surface area contributed by atoms with Gasteiger partial charge in [-0.05, 0) is 0 Å². The van der Waals surface area contributed by atoms with Crippen molar-refractivity contribution in [3.63, 3.8) is 0 Å². The molecule has 92 valence electrons. The minimum atomic E-state index is -0.695. The van der Waals surface area contributed by atoms with E-state index in [1.54, 1.807) is 0 Å². The van der Waals surface area contributed by atoms with E-state index >= 15 is 0 Å². The molecule has 1 rings (SSSR count). The van der Waals surface area contributed by atoms with E-state index in [1.165, 1.54) is 27.1 Å². The maximum Gasteiger partial charge on any atom is 0.332 e. The van der Waals surface area contributed by atoms with Gasteiger partial charge in [-0.3, -0.25) is 19.6 Å². The van der Waals surface area contributed by atoms with Crippen LogP contribution in [0.2, 0.25) is 0 Å². The summed E-state index contributed by atoms with van der Waals surface area (Å²) in [5.74, 6) is 0.859. The van der Waals surface area contributed by atoms with Crippen LogP contribution in [0.1, 0.15) is 0 Å². The van der Waals surface area contributed by atoms with Gasteiger partial charge in [-0.25, -0.2) is 9.59 Å². The van der Waals surface area contributed by atoms with Gasteiger partial charge in [0.15, 0.2) is 11.4 Å². The molecule has 17 heavy (non-hydrogen) atoms. The minimum Gasteiger partial charge on any atom is -0.383 e. The Morgan fingerprint density at radius 2 is 1.94 bits per heavy atom. The number of imide groups is 1. The van der Waals surface area contributed by atoms with Gasteiger partial charge >= 0.3 is 6.03 Å². The number of carbonyl (C=O) groups is 2. The number of nitrogens with zero attached hydrogens (tertiary/aromatic N) is 3. The molecule has 1 aliphatic heterocycles. The summed E-state index contributed by atoms with van der Waals surface area (Å²) in [5, 5.41) is 0. The highest BCUT2D eigenvalue weighted by atomic mass is 16.5. The first-order valence-electron chi connectivity index (χ1n) is 4.89. The molecule has 7 nitrogen and oxygen atoms in total. The highest BCUT2D eigenvalue weighted by Crippen LogP contribution is 2.13. The van der Waals surface area contributed by atoms with Crippen molar-refractivity contribution in [1.29, 1.82) is 0 Å². The van der Waals surface area contributed by atoms with Crippen molar-refractivity contribution in [3.8, 4) is 0 Å². The third-order valence-electron chi connectivity index (χ3n) is 2.29. The van der Waals surface area contributed by atoms with E-state index in [2.05, 4.69) is 4.99 Å². The third-order valence-corrected chi connectivity index (χ3v) is 2.29. The van der Waals surface area contributed by atoms with Crippen molar-refractivity contribution in [3.05, 3.63) is 5.57 Å². The number of hydrogen-bond donors (Lipinski definition) is 0. The Kier molecular flexibility index (Phi) is 4.14. The van der Waals surface area contributed by atoms with Gasteiger partial charge in [0.05, 0.1) is 13.2 Å². The van der Waals surface area contributed by atoms with Crippen molar-refractivity contribution >= 4 is 23.7 Å². The zero-order chi connectivity index (χ0) is 13.0. The molecule has 0 aliphatic carbocycles. The lowest BCUT2D eigenvalue weighted by molar-refractivity contribution is -0.123. The van der Waals surface area contributed by atoms with E-state index < -0.39 is 11.9 Å². The molecule has 0 bridgehead atoms. The van der Waals surface area contributed by atoms with Crippen molar-refractivity contribution in [2.75, 3.05) is 34.4 Å². The first kappa shape index (κ1) is 13.1. The fraction of sp³-hybridized carbons (Fsp3) is 0.500. The summed E-state index contributed by atoms with van der Waals surface area (Å²) in [6.07, 6.45) is 0. The monoisotopic (exact) mass is 239 g/mol. The van der Waals surface area contributed by atoms with Gasteiger partial charge in [-0.1, -0.05) is 0 Å². The molecule has 1 saturated heterocycles. The largest absolute Gasteiger partial charge is 0.383 e. The predicted molar refractivity (Wildman–Crippen MR) is 59.3 cm³/mol. The van der Waals surface area contributed by atoms with Gasteiger partial charge in [-0.2, -0.15) is 0 Å². The second kappa shape index (κ2) is 5.38. The van der Waals surface area contributed by atoms with Crippen LogP contribution in [-0.2, 0) is 14.3 Å². The van der Waals surface area contributed by atoms with Crippen LogP contribution in [0, 0.1) is 0 Å². The average molecular weight is 239 g/mol. The number of aliphatic imine (C=N–C) groups is 1. The predicted octanol–water partition coefficient (Wildman–Crippen LogP) is -0.687. The standard InChI is InChI=1S/C10H13N3O4/c1-12-8(11-4-5-17-3)7(6-14)9(15)13(2)10(12)16/h4-5H2,1-3H3. The number of likely N-dealkylation sites (N-methyl/N-ethyl adjacent to an activating group) is 2. The summed E-state index contributed by atoms with van der Waals surface area (Å²) in [5.41, 5.74) is -0.245. The molecule has 0 saturated carbocycles. The zero-order valence-electron chi connectivity index (χ0n) is 9.89. The number of amides is 3. The van der Waals surface area contributed by atoms with Gasteiger partial charge in [0, 0.05) is 21.2 Å². The summed E-state index contributed by atoms with van der Waals surface area (Å²) < 4.78 is 4.80. The van der Waals surface area contributed by atoms with Gasteiger partial charge in [0.1, 0.15) is 5.94 Å². The molecule has 1 heterocycles. The molecular formula is C10H13N3O4. The van der Waals surface area contributed by atoms with Gasteiger partial charge in [0.25, 0.3) is 5.91 Å². The lowest BCUT2D eigenvalue weighted by atomic mass is 10.2. The fourth-order valence-electron chi connectivity index (χ4n) is 1.35. The smallest absolute Gasteiger partial charge is 0.332 e. The highest BCUT2D eigenvalue weighted by molar-refractivity contribution is 6.34. The minimum absolute atomic E-state index is 0.0325. The van der Waals surface area contributed by atoms with E-state index in [-0.39, 0.29) is 18.0 Å². The van der Waals surface area contributed by atoms with Crippen LogP contribution in [0.5, 0.6) is 0 Å². The Hall–Kier alpha value is -1.98. The third kappa shape index (κ3) is 2.41. The second-order valence-electron chi connectivity index (χ2n) is 3.38. The quantitative estimate of drug-likeness (QED) is 0.371. The number of carbonyl (C=O) groups excluding carboxylic acids is 3. The van der Waals surface area contributed by atoms with Crippen LogP contribution in [0.25, 0.3) is 0 Å². The molecule has 1 aliphatic rings. The van der Waals surface area contributed by atoms with E-state index in [4.69, 9.17) is 4.74 Å². The van der Waals surface area contributed by atoms with Gasteiger partial charge in [0.2, 0.25) is 0 Å². The lowest BCUT2D eigenvalue weighted by Gasteiger charge is -2.30. The molecular weight excluding hydrogens is 226 g/mol. The second-order valence-corrected chi connectivity index (χ2v) is 3.38. The molecule has 0 atom stereocenters. The Balaban J connectivity index is 3.08. The number of urea groups is 1. The average Bonchev–Trinajstić information content (AvgIpc) is 2.33. The van der Waals surface area contributed by atoms with Crippen LogP contribution in [0.4, 0.5) is 4.79 Å². The summed E-state index contributed by atoms with van der Waals surface area (Å²) in [7, 11) is 4.24. The van der Waals surface area contributed by atoms with E-state index in [0.29, 0.717) is 6.61 Å². The first-order valence-corrected chi connectivity index (χ1v) is 4.89. The van der Waals surface area contributed by atoms with E-state index in [9.17, 15) is 14.4 Å². The molecule has 0 spiro atoms. The highest BCUT2D eigenvalue weighted by Gasteiger charge is 2.37. The Morgan fingerprint density at radius 3 is 2.47 bits per heavy atom. The van der Waals surface area contributed by atoms with Crippen LogP contribution in [0.15, 0.2) is 10.6 Å². The maximum atomic E-state index is 11.6. The summed E-state index contributed by atoms with van der Waals surface area (Å²) in [6, 6.07) is -0.537. The number of methoxy groups -OCH3 is 1. The zero-order valence-corrected chi connectivity index (χ0v) is 9.89. The summed E-state index contributed by atoms with van der Waals surface area (Å²) >= 11 is 0. The summed E-state index contributed by atoms with van der Waals surface area (Å²) in [6.45, 7) is 0.591. The molecule has 0 radical (unpaired) electrons. The Labute approximate surface area is 98.3 Å². The normalized spacial score (nSPS) is 19.0. The van der Waals surface area contributed by atoms with Crippen molar-refractivity contribution in [2.24, 2.45) is 4.99 Å². The molecule has 0 N–H and O–H groups in total. The fourth-order valence-corrected chi connectivity index (χ4v) is 1.35. The SMILES string of the molecule is COCCN=C1C(=C=O)C(=O)N(C)C(=O)N1C. The number of amidine groups is 1. The molecule has 0 unspecified atom stereocenters. The molecule has 3 amide bonds. The first-order chi connectivity index (χ1) is 8.04. The molecule has 1 fully saturated rings. The Morgan fingerprint density at radius 1 is 1.29 bits per heavy atom. The molecule has 0 aromatic rings. The molecule has 7 heteroatoms. The van der Waals surface area contributed by atoms with Crippen LogP contribution >= 0.6 is 0 Å². The van der Waals surface area contributed by atoms with Crippen LogP contribution in [-0.4, -0.2) is 67.9 Å². The Bertz CT molecular complexity index is 423. The number of rotatable bonds is 3. The summed E-state index contributed by atoms with van der Waals surface area (Å²) in [4.78, 5) is 40.0. The van der Waals surface area contributed by atoms with Crippen molar-refractivity contribution in [2.45, 2.75) is 0 Å². The van der Waals surface area contributed by atoms with Crippen LogP contribution < -0.4 is 0 Å². The van der Waals surface area contributed by atoms with Gasteiger partial charge < -0.3 is 4.74 Å². The van der Waals surface area contributed by atoms with E-state index in [0.717, 1.165) is 9.80 Å². The van der Waals surface area contributed by atoms with Crippen molar-refractivity contribution in [1.82, 2.24) is 9.80 Å². The molecule has 0 aromatic heterocycles.